The van der Waals surface area contributed by atoms with Gasteiger partial charge in [0.15, 0.2) is 0 Å². The van der Waals surface area contributed by atoms with Crippen molar-refractivity contribution in [1.82, 2.24) is 20.2 Å². The summed E-state index contributed by atoms with van der Waals surface area (Å²) < 4.78 is 11.6. The van der Waals surface area contributed by atoms with Crippen LogP contribution in [0.15, 0.2) is 61.1 Å². The minimum atomic E-state index is -0.375. The Bertz CT molecular complexity index is 1300. The molecule has 0 bridgehead atoms. The van der Waals surface area contributed by atoms with Crippen molar-refractivity contribution in [2.75, 3.05) is 44.0 Å². The first-order valence-corrected chi connectivity index (χ1v) is 12.5. The average molecular weight is 536 g/mol. The third kappa shape index (κ3) is 6.58. The number of amides is 1. The molecule has 1 aromatic heterocycles. The third-order valence-corrected chi connectivity index (χ3v) is 6.27. The number of halogens is 1. The number of likely N-dealkylation sites (tertiary alicyclic amines) is 1. The molecule has 0 spiro atoms. The first-order valence-electron chi connectivity index (χ1n) is 12.2. The van der Waals surface area contributed by atoms with Gasteiger partial charge in [-0.2, -0.15) is 0 Å². The summed E-state index contributed by atoms with van der Waals surface area (Å²) in [4.78, 5) is 23.3. The Hall–Kier alpha value is -4.15. The van der Waals surface area contributed by atoms with E-state index < -0.39 is 0 Å². The van der Waals surface area contributed by atoms with E-state index in [1.165, 1.54) is 38.4 Å². The molecule has 38 heavy (non-hydrogen) atoms. The molecule has 0 saturated carbocycles. The van der Waals surface area contributed by atoms with Gasteiger partial charge in [0.25, 0.3) is 0 Å². The summed E-state index contributed by atoms with van der Waals surface area (Å²) in [5.41, 5.74) is 2.49. The number of methoxy groups -OCH3 is 1. The zero-order chi connectivity index (χ0) is 26.9. The number of allylic oxidation sites excluding steroid dienone is 4. The standard InChI is InChI=1S/C27H30ClN7O3/c1-3-25(36)32-22-14-21(23(37-2)15-24(22)38-13-12-35-10-6-7-11-35)33-27-31-17-19(28)26(34-27)18(16-29)20-8-4-5-9-30-20/h3-5,8-9,14-17,29-30H,1,6-7,10-13H2,2H3,(H,32,36)(H,31,33,34)/b20-18+,29-16?. The number of ether oxygens (including phenoxy) is 2. The molecular weight excluding hydrogens is 506 g/mol. The normalized spacial score (nSPS) is 15.9. The van der Waals surface area contributed by atoms with Crippen molar-refractivity contribution >= 4 is 46.6 Å². The Morgan fingerprint density at radius 2 is 2.08 bits per heavy atom. The fourth-order valence-electron chi connectivity index (χ4n) is 4.09. The van der Waals surface area contributed by atoms with Gasteiger partial charge in [0.2, 0.25) is 11.9 Å². The maximum atomic E-state index is 12.2. The number of nitrogens with zero attached hydrogens (tertiary/aromatic N) is 3. The number of dihydropyridines is 1. The van der Waals surface area contributed by atoms with E-state index in [2.05, 4.69) is 37.4 Å². The first-order chi connectivity index (χ1) is 18.5. The Balaban J connectivity index is 1.63. The minimum absolute atomic E-state index is 0.224. The van der Waals surface area contributed by atoms with Crippen molar-refractivity contribution in [3.63, 3.8) is 0 Å². The van der Waals surface area contributed by atoms with Gasteiger partial charge in [-0.25, -0.2) is 9.97 Å². The highest BCUT2D eigenvalue weighted by Gasteiger charge is 2.18. The Morgan fingerprint density at radius 3 is 2.76 bits per heavy atom. The highest BCUT2D eigenvalue weighted by Crippen LogP contribution is 2.38. The van der Waals surface area contributed by atoms with E-state index in [1.54, 1.807) is 18.3 Å². The number of benzene rings is 1. The lowest BCUT2D eigenvalue weighted by Crippen LogP contribution is -2.25. The van der Waals surface area contributed by atoms with Crippen LogP contribution in [0, 0.1) is 5.41 Å². The van der Waals surface area contributed by atoms with Gasteiger partial charge in [-0.05, 0) is 50.2 Å². The second-order valence-electron chi connectivity index (χ2n) is 8.49. The van der Waals surface area contributed by atoms with E-state index in [-0.39, 0.29) is 11.9 Å². The number of hydrogen-bond acceptors (Lipinski definition) is 9. The quantitative estimate of drug-likeness (QED) is 0.245. The van der Waals surface area contributed by atoms with E-state index in [1.807, 2.05) is 18.2 Å². The smallest absolute Gasteiger partial charge is 0.247 e. The van der Waals surface area contributed by atoms with Crippen LogP contribution in [-0.4, -0.2) is 60.3 Å². The maximum absolute atomic E-state index is 12.2. The van der Waals surface area contributed by atoms with E-state index in [0.29, 0.717) is 51.5 Å². The third-order valence-electron chi connectivity index (χ3n) is 6.00. The van der Waals surface area contributed by atoms with Gasteiger partial charge in [-0.15, -0.1) is 0 Å². The van der Waals surface area contributed by atoms with Gasteiger partial charge in [0, 0.05) is 36.3 Å². The van der Waals surface area contributed by atoms with Crippen molar-refractivity contribution in [1.29, 1.82) is 5.41 Å². The van der Waals surface area contributed by atoms with Crippen molar-refractivity contribution in [3.05, 3.63) is 71.8 Å². The molecule has 3 heterocycles. The molecule has 10 nitrogen and oxygen atoms in total. The number of nitrogens with one attached hydrogen (secondary N) is 4. The van der Waals surface area contributed by atoms with E-state index in [4.69, 9.17) is 26.5 Å². The molecule has 2 aliphatic heterocycles. The summed E-state index contributed by atoms with van der Waals surface area (Å²) in [6.45, 7) is 6.93. The highest BCUT2D eigenvalue weighted by molar-refractivity contribution is 6.33. The topological polar surface area (TPSA) is 124 Å². The number of hydrogen-bond donors (Lipinski definition) is 4. The van der Waals surface area contributed by atoms with E-state index >= 15 is 0 Å². The van der Waals surface area contributed by atoms with Gasteiger partial charge in [-0.3, -0.25) is 9.69 Å². The largest absolute Gasteiger partial charge is 0.494 e. The molecule has 0 aliphatic carbocycles. The summed E-state index contributed by atoms with van der Waals surface area (Å²) in [6.07, 6.45) is 13.5. The van der Waals surface area contributed by atoms with Crippen LogP contribution in [0.2, 0.25) is 5.02 Å². The van der Waals surface area contributed by atoms with Crippen LogP contribution in [0.4, 0.5) is 17.3 Å². The molecular formula is C27H30ClN7O3. The van der Waals surface area contributed by atoms with Gasteiger partial charge in [0.05, 0.1) is 35.4 Å². The molecule has 0 atom stereocenters. The van der Waals surface area contributed by atoms with Crippen molar-refractivity contribution in [3.8, 4) is 11.5 Å². The molecule has 4 N–H and O–H groups in total. The predicted octanol–water partition coefficient (Wildman–Crippen LogP) is 4.52. The van der Waals surface area contributed by atoms with Crippen LogP contribution in [-0.2, 0) is 4.79 Å². The van der Waals surface area contributed by atoms with E-state index in [9.17, 15) is 4.79 Å². The van der Waals surface area contributed by atoms with Crippen LogP contribution in [0.3, 0.4) is 0 Å². The summed E-state index contributed by atoms with van der Waals surface area (Å²) in [6, 6.07) is 3.39. The highest BCUT2D eigenvalue weighted by atomic mass is 35.5. The monoisotopic (exact) mass is 535 g/mol. The van der Waals surface area contributed by atoms with Gasteiger partial charge < -0.3 is 30.8 Å². The lowest BCUT2D eigenvalue weighted by Gasteiger charge is -2.19. The fourth-order valence-corrected chi connectivity index (χ4v) is 4.28. The lowest BCUT2D eigenvalue weighted by atomic mass is 10.1. The molecule has 0 radical (unpaired) electrons. The minimum Gasteiger partial charge on any atom is -0.494 e. The zero-order valence-electron chi connectivity index (χ0n) is 21.1. The molecule has 198 valence electrons. The number of anilines is 3. The molecule has 2 aromatic rings. The van der Waals surface area contributed by atoms with Crippen LogP contribution in [0.25, 0.3) is 5.57 Å². The lowest BCUT2D eigenvalue weighted by molar-refractivity contribution is -0.111. The molecule has 1 fully saturated rings. The van der Waals surface area contributed by atoms with Gasteiger partial charge in [-0.1, -0.05) is 24.3 Å². The summed E-state index contributed by atoms with van der Waals surface area (Å²) in [5, 5.41) is 17.2. The number of rotatable bonds is 11. The van der Waals surface area contributed by atoms with Crippen LogP contribution >= 0.6 is 11.6 Å². The van der Waals surface area contributed by atoms with Crippen LogP contribution in [0.1, 0.15) is 18.5 Å². The second kappa shape index (κ2) is 12.9. The molecule has 2 aliphatic rings. The number of aromatic nitrogens is 2. The Morgan fingerprint density at radius 1 is 1.26 bits per heavy atom. The first kappa shape index (κ1) is 26.9. The molecule has 1 amide bonds. The summed E-state index contributed by atoms with van der Waals surface area (Å²) in [5.74, 6) is 0.783. The maximum Gasteiger partial charge on any atom is 0.247 e. The van der Waals surface area contributed by atoms with Crippen LogP contribution < -0.4 is 25.4 Å². The SMILES string of the molecule is C=CC(=O)Nc1cc(Nc2ncc(Cl)c(/C(C=N)=C3\C=CC=CN3)n2)c(OC)cc1OCCN1CCCC1. The second-order valence-corrected chi connectivity index (χ2v) is 8.90. The van der Waals surface area contributed by atoms with Gasteiger partial charge >= 0.3 is 0 Å². The van der Waals surface area contributed by atoms with Crippen molar-refractivity contribution < 1.29 is 14.3 Å². The molecule has 1 aromatic carbocycles. The molecule has 1 saturated heterocycles. The van der Waals surface area contributed by atoms with Crippen LogP contribution in [0.5, 0.6) is 11.5 Å². The number of carbonyl (C=O) groups excluding carboxylic acids is 1. The van der Waals surface area contributed by atoms with Gasteiger partial charge in [0.1, 0.15) is 18.1 Å². The number of carbonyl (C=O) groups is 1. The Labute approximate surface area is 226 Å². The van der Waals surface area contributed by atoms with E-state index in [0.717, 1.165) is 19.6 Å². The Kier molecular flexibility index (Phi) is 9.12. The molecule has 0 unspecified atom stereocenters. The predicted molar refractivity (Wildman–Crippen MR) is 150 cm³/mol. The fraction of sp³-hybridized carbons (Fsp3) is 0.259. The molecule has 11 heteroatoms. The van der Waals surface area contributed by atoms with Crippen molar-refractivity contribution in [2.24, 2.45) is 0 Å². The van der Waals surface area contributed by atoms with Crippen molar-refractivity contribution in [2.45, 2.75) is 12.8 Å². The zero-order valence-corrected chi connectivity index (χ0v) is 21.8. The molecule has 4 rings (SSSR count). The summed E-state index contributed by atoms with van der Waals surface area (Å²) in [7, 11) is 1.54. The average Bonchev–Trinajstić information content (AvgIpc) is 3.46. The summed E-state index contributed by atoms with van der Waals surface area (Å²) >= 11 is 6.40.